The van der Waals surface area contributed by atoms with Crippen molar-refractivity contribution >= 4 is 10.8 Å². The van der Waals surface area contributed by atoms with E-state index in [1.54, 1.807) is 0 Å². The highest BCUT2D eigenvalue weighted by atomic mass is 32.2. The first-order valence-corrected chi connectivity index (χ1v) is 9.58. The molecule has 3 atom stereocenters. The molecular weight excluding hydrogens is 256 g/mol. The van der Waals surface area contributed by atoms with Gasteiger partial charge in [0.05, 0.1) is 0 Å². The Balaban J connectivity index is 1.91. The van der Waals surface area contributed by atoms with Crippen LogP contribution >= 0.6 is 0 Å². The molecule has 0 aromatic rings. The van der Waals surface area contributed by atoms with Crippen LogP contribution in [0.1, 0.15) is 39.5 Å². The normalized spacial score (nSPS) is 31.4. The topological polar surface area (TPSA) is 23.6 Å². The van der Waals surface area contributed by atoms with E-state index in [2.05, 4.69) is 23.6 Å². The van der Waals surface area contributed by atoms with Crippen LogP contribution in [0.2, 0.25) is 0 Å². The molecule has 4 heteroatoms. The van der Waals surface area contributed by atoms with Crippen molar-refractivity contribution in [3.8, 4) is 0 Å². The highest BCUT2D eigenvalue weighted by Crippen LogP contribution is 2.27. The van der Waals surface area contributed by atoms with Gasteiger partial charge in [-0.1, -0.05) is 20.3 Å². The van der Waals surface area contributed by atoms with Crippen LogP contribution in [-0.4, -0.2) is 64.3 Å². The molecule has 3 nitrogen and oxygen atoms in total. The minimum Gasteiger partial charge on any atom is -0.298 e. The minimum atomic E-state index is -0.637. The molecule has 0 spiro atoms. The van der Waals surface area contributed by atoms with Crippen LogP contribution in [0.25, 0.3) is 0 Å². The van der Waals surface area contributed by atoms with Crippen LogP contribution in [0.15, 0.2) is 0 Å². The summed E-state index contributed by atoms with van der Waals surface area (Å²) >= 11 is 0. The molecule has 0 saturated carbocycles. The van der Waals surface area contributed by atoms with Crippen molar-refractivity contribution in [2.24, 2.45) is 5.92 Å². The van der Waals surface area contributed by atoms with E-state index in [4.69, 9.17) is 0 Å². The lowest BCUT2D eigenvalue weighted by Crippen LogP contribution is -2.61. The third-order valence-electron chi connectivity index (χ3n) is 4.73. The van der Waals surface area contributed by atoms with Crippen LogP contribution in [0.5, 0.6) is 0 Å². The predicted octanol–water partition coefficient (Wildman–Crippen LogP) is 1.95. The number of fused-ring (bicyclic) bond motifs is 1. The van der Waals surface area contributed by atoms with Gasteiger partial charge in [-0.05, 0) is 38.3 Å². The Morgan fingerprint density at radius 3 is 2.74 bits per heavy atom. The maximum Gasteiger partial charge on any atom is 0.0246 e. The number of rotatable bonds is 5. The van der Waals surface area contributed by atoms with Gasteiger partial charge in [0.25, 0.3) is 0 Å². The number of hydrogen-bond donors (Lipinski definition) is 0. The van der Waals surface area contributed by atoms with Crippen molar-refractivity contribution in [2.75, 3.05) is 38.2 Å². The third-order valence-corrected chi connectivity index (χ3v) is 5.60. The van der Waals surface area contributed by atoms with E-state index in [1.807, 2.05) is 6.26 Å². The molecule has 2 saturated heterocycles. The summed E-state index contributed by atoms with van der Waals surface area (Å²) in [5.41, 5.74) is 0. The van der Waals surface area contributed by atoms with Crippen LogP contribution in [0, 0.1) is 5.92 Å². The summed E-state index contributed by atoms with van der Waals surface area (Å²) in [5, 5.41) is 0. The van der Waals surface area contributed by atoms with E-state index in [-0.39, 0.29) is 0 Å². The summed E-state index contributed by atoms with van der Waals surface area (Å²) in [6.07, 6.45) is 7.07. The van der Waals surface area contributed by atoms with E-state index in [1.165, 1.54) is 38.9 Å². The van der Waals surface area contributed by atoms with Gasteiger partial charge < -0.3 is 0 Å². The predicted molar refractivity (Wildman–Crippen MR) is 83.0 cm³/mol. The van der Waals surface area contributed by atoms with Gasteiger partial charge >= 0.3 is 0 Å². The zero-order chi connectivity index (χ0) is 13.8. The quantitative estimate of drug-likeness (QED) is 0.772. The van der Waals surface area contributed by atoms with Crippen molar-refractivity contribution in [3.05, 3.63) is 0 Å². The van der Waals surface area contributed by atoms with Gasteiger partial charge in [0.2, 0.25) is 0 Å². The molecule has 0 bridgehead atoms. The summed E-state index contributed by atoms with van der Waals surface area (Å²) in [6.45, 7) is 9.62. The molecule has 0 amide bonds. The lowest BCUT2D eigenvalue weighted by Gasteiger charge is -2.50. The molecule has 0 aromatic heterocycles. The largest absolute Gasteiger partial charge is 0.298 e. The Bertz CT molecular complexity index is 309. The fourth-order valence-electron chi connectivity index (χ4n) is 3.63. The number of nitrogens with zero attached hydrogens (tertiary/aromatic N) is 2. The Hall–Kier alpha value is 0.0700. The minimum absolute atomic E-state index is 0.637. The van der Waals surface area contributed by atoms with Gasteiger partial charge in [-0.3, -0.25) is 14.0 Å². The van der Waals surface area contributed by atoms with Crippen LogP contribution in [0.4, 0.5) is 0 Å². The second-order valence-electron chi connectivity index (χ2n) is 6.58. The summed E-state index contributed by atoms with van der Waals surface area (Å²) < 4.78 is 11.2. The molecule has 19 heavy (non-hydrogen) atoms. The Morgan fingerprint density at radius 1 is 1.26 bits per heavy atom. The standard InChI is InChI=1S/C15H30N2OS/c1-13(2)15-12-16-8-5-4-7-14(16)11-17(15)9-6-10-19(3)18/h13-15H,4-12H2,1-3H3. The first-order valence-electron chi connectivity index (χ1n) is 7.86. The molecule has 2 aliphatic heterocycles. The first-order chi connectivity index (χ1) is 9.08. The molecule has 2 aliphatic rings. The van der Waals surface area contributed by atoms with Gasteiger partial charge in [0.1, 0.15) is 0 Å². The summed E-state index contributed by atoms with van der Waals surface area (Å²) in [5.74, 6) is 1.57. The van der Waals surface area contributed by atoms with Crippen molar-refractivity contribution < 1.29 is 4.21 Å². The molecule has 3 unspecified atom stereocenters. The molecule has 0 N–H and O–H groups in total. The van der Waals surface area contributed by atoms with Crippen molar-refractivity contribution in [1.29, 1.82) is 0 Å². The highest BCUT2D eigenvalue weighted by molar-refractivity contribution is 7.84. The average Bonchev–Trinajstić information content (AvgIpc) is 2.37. The maximum absolute atomic E-state index is 11.2. The summed E-state index contributed by atoms with van der Waals surface area (Å²) in [7, 11) is -0.637. The van der Waals surface area contributed by atoms with Crippen molar-refractivity contribution in [1.82, 2.24) is 9.80 Å². The van der Waals surface area contributed by atoms with Gasteiger partial charge in [-0.25, -0.2) is 0 Å². The van der Waals surface area contributed by atoms with E-state index in [0.29, 0.717) is 6.04 Å². The molecule has 0 aliphatic carbocycles. The van der Waals surface area contributed by atoms with E-state index in [0.717, 1.165) is 30.7 Å². The molecule has 0 radical (unpaired) electrons. The molecule has 112 valence electrons. The Morgan fingerprint density at radius 2 is 2.05 bits per heavy atom. The van der Waals surface area contributed by atoms with Crippen molar-refractivity contribution in [2.45, 2.75) is 51.6 Å². The smallest absolute Gasteiger partial charge is 0.0246 e. The van der Waals surface area contributed by atoms with Gasteiger partial charge in [-0.15, -0.1) is 0 Å². The summed E-state index contributed by atoms with van der Waals surface area (Å²) in [6, 6.07) is 1.48. The second-order valence-corrected chi connectivity index (χ2v) is 8.14. The van der Waals surface area contributed by atoms with Gasteiger partial charge in [-0.2, -0.15) is 0 Å². The zero-order valence-electron chi connectivity index (χ0n) is 12.8. The monoisotopic (exact) mass is 286 g/mol. The highest BCUT2D eigenvalue weighted by Gasteiger charge is 2.35. The van der Waals surface area contributed by atoms with E-state index < -0.39 is 10.8 Å². The summed E-state index contributed by atoms with van der Waals surface area (Å²) in [4.78, 5) is 5.41. The SMILES string of the molecule is CC(C)C1CN2CCCCC2CN1CCCS(C)=O. The third kappa shape index (κ3) is 4.27. The van der Waals surface area contributed by atoms with E-state index in [9.17, 15) is 4.21 Å². The van der Waals surface area contributed by atoms with Crippen LogP contribution in [-0.2, 0) is 10.8 Å². The first kappa shape index (κ1) is 15.5. The van der Waals surface area contributed by atoms with Crippen molar-refractivity contribution in [3.63, 3.8) is 0 Å². The lowest BCUT2D eigenvalue weighted by molar-refractivity contribution is -0.00710. The Labute approximate surface area is 121 Å². The molecule has 2 heterocycles. The number of hydrogen-bond acceptors (Lipinski definition) is 3. The molecule has 0 aromatic carbocycles. The molecule has 2 fully saturated rings. The van der Waals surface area contributed by atoms with Gasteiger partial charge in [0, 0.05) is 48.0 Å². The number of piperazine rings is 1. The van der Waals surface area contributed by atoms with Crippen LogP contribution < -0.4 is 0 Å². The fourth-order valence-corrected chi connectivity index (χ4v) is 4.17. The maximum atomic E-state index is 11.2. The zero-order valence-corrected chi connectivity index (χ0v) is 13.6. The Kier molecular flexibility index (Phi) is 5.85. The van der Waals surface area contributed by atoms with E-state index >= 15 is 0 Å². The van der Waals surface area contributed by atoms with Crippen LogP contribution in [0.3, 0.4) is 0 Å². The molecular formula is C15H30N2OS. The lowest BCUT2D eigenvalue weighted by atomic mass is 9.92. The number of piperidine rings is 1. The molecule has 2 rings (SSSR count). The van der Waals surface area contributed by atoms with Gasteiger partial charge in [0.15, 0.2) is 0 Å². The second kappa shape index (κ2) is 7.19. The average molecular weight is 286 g/mol. The fraction of sp³-hybridized carbons (Fsp3) is 1.00.